The molecule has 0 fully saturated rings. The number of carbonyl (C=O) groups excluding carboxylic acids is 1. The molecular weight excluding hydrogens is 655 g/mol. The second-order valence-corrected chi connectivity index (χ2v) is 14.5. The number of hydrogen-bond acceptors (Lipinski definition) is 4. The van der Waals surface area contributed by atoms with E-state index in [1.165, 1.54) is 19.9 Å². The molecule has 47 heavy (non-hydrogen) atoms. The molecule has 1 aliphatic carbocycles. The molecule has 250 valence electrons. The molecule has 0 aliphatic heterocycles. The Balaban J connectivity index is 1.51. The van der Waals surface area contributed by atoms with E-state index in [0.29, 0.717) is 16.9 Å². The minimum atomic E-state index is -5.70. The lowest BCUT2D eigenvalue weighted by Gasteiger charge is -2.25. The van der Waals surface area contributed by atoms with Crippen LogP contribution >= 0.6 is 22.7 Å². The van der Waals surface area contributed by atoms with E-state index < -0.39 is 46.6 Å². The standard InChI is InChI=1S/C37H36F6O2S2/c1-5-6-7-8-10-13-22(2)45-34(44)31-21-29(24(4)47-31)33-32(35(38,39)37(42,43)36(33,40)41)28-20-30(46-23(28)3)27-18-16-26(17-19-27)25-14-11-9-12-15-25/h9,11-12,14-22H,5-8,10,13H2,1-4H3. The van der Waals surface area contributed by atoms with Crippen molar-refractivity contribution in [2.45, 2.75) is 90.1 Å². The van der Waals surface area contributed by atoms with Gasteiger partial charge in [-0.15, -0.1) is 22.7 Å². The Bertz CT molecular complexity index is 1750. The van der Waals surface area contributed by atoms with Crippen LogP contribution in [0.1, 0.15) is 82.9 Å². The van der Waals surface area contributed by atoms with Gasteiger partial charge in [0.25, 0.3) is 0 Å². The summed E-state index contributed by atoms with van der Waals surface area (Å²) < 4.78 is 98.1. The summed E-state index contributed by atoms with van der Waals surface area (Å²) in [5.41, 5.74) is -1.25. The number of rotatable bonds is 12. The van der Waals surface area contributed by atoms with Gasteiger partial charge in [0.05, 0.1) is 6.10 Å². The topological polar surface area (TPSA) is 26.3 Å². The summed E-state index contributed by atoms with van der Waals surface area (Å²) in [4.78, 5) is 13.5. The summed E-state index contributed by atoms with van der Waals surface area (Å²) in [7, 11) is 0. The van der Waals surface area contributed by atoms with E-state index in [2.05, 4.69) is 6.92 Å². The number of alkyl halides is 6. The summed E-state index contributed by atoms with van der Waals surface area (Å²) in [6.07, 6.45) is 5.24. The lowest BCUT2D eigenvalue weighted by Crippen LogP contribution is -2.48. The Morgan fingerprint density at radius 3 is 1.87 bits per heavy atom. The Hall–Kier alpha value is -3.37. The largest absolute Gasteiger partial charge is 0.458 e. The number of esters is 1. The molecule has 0 amide bonds. The van der Waals surface area contributed by atoms with Crippen LogP contribution in [0.15, 0.2) is 66.7 Å². The molecule has 0 radical (unpaired) electrons. The third-order valence-electron chi connectivity index (χ3n) is 8.54. The van der Waals surface area contributed by atoms with E-state index in [1.807, 2.05) is 42.5 Å². The Morgan fingerprint density at radius 1 is 0.723 bits per heavy atom. The third-order valence-corrected chi connectivity index (χ3v) is 10.7. The lowest BCUT2D eigenvalue weighted by molar-refractivity contribution is -0.254. The van der Waals surface area contributed by atoms with Gasteiger partial charge in [-0.25, -0.2) is 4.79 Å². The minimum absolute atomic E-state index is 0.0365. The summed E-state index contributed by atoms with van der Waals surface area (Å²) in [5.74, 6) is -16.9. The van der Waals surface area contributed by atoms with Crippen molar-refractivity contribution in [2.24, 2.45) is 0 Å². The van der Waals surface area contributed by atoms with Crippen molar-refractivity contribution in [2.75, 3.05) is 0 Å². The van der Waals surface area contributed by atoms with Gasteiger partial charge < -0.3 is 4.74 Å². The maximum atomic E-state index is 15.6. The molecule has 2 aromatic heterocycles. The van der Waals surface area contributed by atoms with Gasteiger partial charge in [0.2, 0.25) is 0 Å². The molecule has 0 bridgehead atoms. The zero-order valence-electron chi connectivity index (χ0n) is 26.6. The summed E-state index contributed by atoms with van der Waals surface area (Å²) >= 11 is 1.82. The molecule has 1 atom stereocenters. The van der Waals surface area contributed by atoms with Crippen LogP contribution in [0.25, 0.3) is 32.7 Å². The summed E-state index contributed by atoms with van der Waals surface area (Å²) in [6, 6.07) is 19.1. The molecule has 1 aliphatic rings. The van der Waals surface area contributed by atoms with Gasteiger partial charge in [-0.1, -0.05) is 87.2 Å². The van der Waals surface area contributed by atoms with Gasteiger partial charge >= 0.3 is 23.7 Å². The lowest BCUT2D eigenvalue weighted by atomic mass is 9.94. The molecule has 0 saturated carbocycles. The van der Waals surface area contributed by atoms with Gasteiger partial charge in [-0.3, -0.25) is 0 Å². The van der Waals surface area contributed by atoms with Crippen molar-refractivity contribution < 1.29 is 35.9 Å². The number of carbonyl (C=O) groups is 1. The summed E-state index contributed by atoms with van der Waals surface area (Å²) in [5, 5.41) is 0. The number of unbranched alkanes of at least 4 members (excludes halogenated alkanes) is 4. The zero-order chi connectivity index (χ0) is 34.1. The minimum Gasteiger partial charge on any atom is -0.458 e. The normalized spacial score (nSPS) is 17.2. The van der Waals surface area contributed by atoms with Crippen LogP contribution in [0.5, 0.6) is 0 Å². The number of halogens is 6. The molecule has 0 spiro atoms. The van der Waals surface area contributed by atoms with Crippen molar-refractivity contribution in [3.63, 3.8) is 0 Å². The zero-order valence-corrected chi connectivity index (χ0v) is 28.2. The van der Waals surface area contributed by atoms with E-state index in [1.54, 1.807) is 19.1 Å². The van der Waals surface area contributed by atoms with E-state index in [0.717, 1.165) is 72.0 Å². The highest BCUT2D eigenvalue weighted by Crippen LogP contribution is 2.66. The first-order valence-electron chi connectivity index (χ1n) is 15.7. The van der Waals surface area contributed by atoms with Crippen LogP contribution in [0.2, 0.25) is 0 Å². The van der Waals surface area contributed by atoms with Crippen molar-refractivity contribution in [1.29, 1.82) is 0 Å². The first-order valence-corrected chi connectivity index (χ1v) is 17.3. The fourth-order valence-corrected chi connectivity index (χ4v) is 7.87. The fourth-order valence-electron chi connectivity index (χ4n) is 5.93. The van der Waals surface area contributed by atoms with Crippen LogP contribution in [0.3, 0.4) is 0 Å². The predicted octanol–water partition coefficient (Wildman–Crippen LogP) is 12.5. The maximum Gasteiger partial charge on any atom is 0.380 e. The van der Waals surface area contributed by atoms with E-state index in [4.69, 9.17) is 4.74 Å². The van der Waals surface area contributed by atoms with E-state index >= 15 is 26.3 Å². The van der Waals surface area contributed by atoms with Crippen molar-refractivity contribution in [3.05, 3.63) is 92.5 Å². The third kappa shape index (κ3) is 6.55. The Morgan fingerprint density at radius 2 is 1.26 bits per heavy atom. The molecule has 5 rings (SSSR count). The molecule has 2 heterocycles. The van der Waals surface area contributed by atoms with Gasteiger partial charge in [0, 0.05) is 25.8 Å². The highest BCUT2D eigenvalue weighted by molar-refractivity contribution is 7.15. The van der Waals surface area contributed by atoms with Gasteiger partial charge in [0.1, 0.15) is 4.88 Å². The Labute approximate surface area is 279 Å². The second kappa shape index (κ2) is 13.6. The van der Waals surface area contributed by atoms with Crippen molar-refractivity contribution in [3.8, 4) is 21.6 Å². The van der Waals surface area contributed by atoms with E-state index in [-0.39, 0.29) is 20.2 Å². The number of hydrogen-bond donors (Lipinski definition) is 0. The molecule has 0 saturated heterocycles. The molecule has 1 unspecified atom stereocenters. The number of thiophene rings is 2. The maximum absolute atomic E-state index is 15.6. The predicted molar refractivity (Wildman–Crippen MR) is 179 cm³/mol. The molecule has 4 aromatic rings. The number of benzene rings is 2. The average Bonchev–Trinajstić information content (AvgIpc) is 3.64. The van der Waals surface area contributed by atoms with Crippen molar-refractivity contribution in [1.82, 2.24) is 0 Å². The Kier molecular flexibility index (Phi) is 10.1. The second-order valence-electron chi connectivity index (χ2n) is 12.0. The van der Waals surface area contributed by atoms with Crippen molar-refractivity contribution >= 4 is 39.8 Å². The van der Waals surface area contributed by atoms with Gasteiger partial charge in [-0.05, 0) is 73.6 Å². The van der Waals surface area contributed by atoms with Crippen LogP contribution < -0.4 is 0 Å². The van der Waals surface area contributed by atoms with Crippen LogP contribution in [0.4, 0.5) is 26.3 Å². The highest BCUT2D eigenvalue weighted by atomic mass is 32.1. The van der Waals surface area contributed by atoms with Gasteiger partial charge in [-0.2, -0.15) is 26.3 Å². The molecular formula is C37H36F6O2S2. The highest BCUT2D eigenvalue weighted by Gasteiger charge is 2.80. The average molecular weight is 691 g/mol. The molecule has 10 heteroatoms. The molecule has 2 nitrogen and oxygen atoms in total. The van der Waals surface area contributed by atoms with Crippen LogP contribution in [-0.4, -0.2) is 29.8 Å². The quantitative estimate of drug-likeness (QED) is 0.0840. The number of aryl methyl sites for hydroxylation is 2. The smallest absolute Gasteiger partial charge is 0.380 e. The van der Waals surface area contributed by atoms with Gasteiger partial charge in [0.15, 0.2) is 0 Å². The monoisotopic (exact) mass is 690 g/mol. The number of ether oxygens (including phenoxy) is 1. The first kappa shape index (κ1) is 35.0. The molecule has 0 N–H and O–H groups in total. The molecule has 2 aromatic carbocycles. The van der Waals surface area contributed by atoms with Crippen LogP contribution in [0, 0.1) is 13.8 Å². The summed E-state index contributed by atoms with van der Waals surface area (Å²) in [6.45, 7) is 6.63. The fraction of sp³-hybridized carbons (Fsp3) is 0.378. The SMILES string of the molecule is CCCCCCCC(C)OC(=O)c1cc(C2=C(c3cc(-c4ccc(-c5ccccc5)cc4)sc3C)C(F)(F)C(F)(F)C2(F)F)c(C)s1. The number of allylic oxidation sites excluding steroid dienone is 2. The first-order chi connectivity index (χ1) is 22.2. The van der Waals surface area contributed by atoms with E-state index in [9.17, 15) is 4.79 Å². The van der Waals surface area contributed by atoms with Crippen LogP contribution in [-0.2, 0) is 4.74 Å².